The molecule has 0 aromatic carbocycles. The fourth-order valence-corrected chi connectivity index (χ4v) is 3.53. The molecule has 1 fully saturated rings. The first-order valence-corrected chi connectivity index (χ1v) is 7.34. The molecule has 1 heteroatoms. The lowest BCUT2D eigenvalue weighted by Crippen LogP contribution is -2.52. The van der Waals surface area contributed by atoms with Gasteiger partial charge >= 0.3 is 0 Å². The second-order valence-electron chi connectivity index (χ2n) is 8.21. The maximum absolute atomic E-state index is 2.72. The average molecular weight is 239 g/mol. The molecule has 1 aliphatic rings. The Bertz CT molecular complexity index is 235. The first kappa shape index (κ1) is 15.0. The van der Waals surface area contributed by atoms with Gasteiger partial charge in [0, 0.05) is 19.6 Å². The Balaban J connectivity index is 2.80. The topological polar surface area (TPSA) is 3.24 Å². The molecule has 0 aromatic heterocycles. The van der Waals surface area contributed by atoms with E-state index in [1.165, 1.54) is 38.9 Å². The van der Waals surface area contributed by atoms with Crippen LogP contribution in [0.25, 0.3) is 0 Å². The Morgan fingerprint density at radius 1 is 0.941 bits per heavy atom. The first-order chi connectivity index (χ1) is 7.61. The minimum Gasteiger partial charge on any atom is -0.302 e. The predicted octanol–water partition coefficient (Wildman–Crippen LogP) is 4.57. The summed E-state index contributed by atoms with van der Waals surface area (Å²) in [4.78, 5) is 2.72. The zero-order valence-corrected chi connectivity index (χ0v) is 13.2. The van der Waals surface area contributed by atoms with Gasteiger partial charge in [0.25, 0.3) is 0 Å². The van der Waals surface area contributed by atoms with E-state index < -0.39 is 0 Å². The van der Waals surface area contributed by atoms with E-state index in [2.05, 4.69) is 53.4 Å². The minimum absolute atomic E-state index is 0.417. The Labute approximate surface area is 109 Å². The number of rotatable bonds is 3. The summed E-state index contributed by atoms with van der Waals surface area (Å²) in [6, 6.07) is 0. The molecule has 1 saturated heterocycles. The van der Waals surface area contributed by atoms with Crippen molar-refractivity contribution >= 4 is 0 Å². The third-order valence-electron chi connectivity index (χ3n) is 4.47. The van der Waals surface area contributed by atoms with Gasteiger partial charge in [-0.15, -0.1) is 0 Å². The molecule has 1 aliphatic heterocycles. The third-order valence-corrected chi connectivity index (χ3v) is 4.47. The van der Waals surface area contributed by atoms with E-state index in [0.717, 1.165) is 0 Å². The lowest BCUT2D eigenvalue weighted by atomic mass is 9.66. The number of hydrogen-bond acceptors (Lipinski definition) is 1. The SMILES string of the molecule is CCC1(C)CN(CC(C)(C)C)CC(C)(CC)C1. The van der Waals surface area contributed by atoms with E-state index >= 15 is 0 Å². The van der Waals surface area contributed by atoms with Crippen molar-refractivity contribution in [3.63, 3.8) is 0 Å². The highest BCUT2D eigenvalue weighted by atomic mass is 15.2. The van der Waals surface area contributed by atoms with E-state index in [1.807, 2.05) is 0 Å². The second kappa shape index (κ2) is 4.91. The molecule has 0 radical (unpaired) electrons. The van der Waals surface area contributed by atoms with Gasteiger partial charge in [0.05, 0.1) is 0 Å². The highest BCUT2D eigenvalue weighted by Crippen LogP contribution is 2.44. The van der Waals surface area contributed by atoms with Gasteiger partial charge < -0.3 is 4.90 Å². The zero-order chi connectivity index (χ0) is 13.3. The molecule has 17 heavy (non-hydrogen) atoms. The van der Waals surface area contributed by atoms with Crippen LogP contribution in [0.15, 0.2) is 0 Å². The molecular formula is C16H33N. The van der Waals surface area contributed by atoms with E-state index in [1.54, 1.807) is 0 Å². The van der Waals surface area contributed by atoms with Crippen LogP contribution in [-0.2, 0) is 0 Å². The van der Waals surface area contributed by atoms with Gasteiger partial charge in [-0.05, 0) is 35.5 Å². The van der Waals surface area contributed by atoms with E-state index in [4.69, 9.17) is 0 Å². The fourth-order valence-electron chi connectivity index (χ4n) is 3.53. The fraction of sp³-hybridized carbons (Fsp3) is 1.00. The molecule has 1 rings (SSSR count). The van der Waals surface area contributed by atoms with Crippen LogP contribution in [0, 0.1) is 16.2 Å². The van der Waals surface area contributed by atoms with Crippen LogP contribution in [0.5, 0.6) is 0 Å². The van der Waals surface area contributed by atoms with Crippen LogP contribution in [0.1, 0.15) is 67.7 Å². The Morgan fingerprint density at radius 2 is 1.35 bits per heavy atom. The summed E-state index contributed by atoms with van der Waals surface area (Å²) in [6.45, 7) is 20.6. The average Bonchev–Trinajstić information content (AvgIpc) is 2.14. The summed E-state index contributed by atoms with van der Waals surface area (Å²) in [7, 11) is 0. The molecule has 1 nitrogen and oxygen atoms in total. The van der Waals surface area contributed by atoms with Crippen LogP contribution < -0.4 is 0 Å². The number of likely N-dealkylation sites (tertiary alicyclic amines) is 1. The van der Waals surface area contributed by atoms with Crippen LogP contribution in [0.4, 0.5) is 0 Å². The first-order valence-electron chi connectivity index (χ1n) is 7.34. The van der Waals surface area contributed by atoms with Crippen molar-refractivity contribution in [2.75, 3.05) is 19.6 Å². The molecule has 0 N–H and O–H groups in total. The van der Waals surface area contributed by atoms with Gasteiger partial charge in [-0.1, -0.05) is 48.5 Å². The molecule has 2 unspecified atom stereocenters. The summed E-state index contributed by atoms with van der Waals surface area (Å²) in [5, 5.41) is 0. The summed E-state index contributed by atoms with van der Waals surface area (Å²) in [5.41, 5.74) is 1.46. The van der Waals surface area contributed by atoms with Crippen molar-refractivity contribution in [2.45, 2.75) is 67.7 Å². The van der Waals surface area contributed by atoms with Crippen molar-refractivity contribution in [3.05, 3.63) is 0 Å². The monoisotopic (exact) mass is 239 g/mol. The maximum atomic E-state index is 2.72. The Morgan fingerprint density at radius 3 is 1.65 bits per heavy atom. The van der Waals surface area contributed by atoms with E-state index in [0.29, 0.717) is 16.2 Å². The third kappa shape index (κ3) is 4.28. The lowest BCUT2D eigenvalue weighted by Gasteiger charge is -2.51. The van der Waals surface area contributed by atoms with Crippen molar-refractivity contribution in [1.29, 1.82) is 0 Å². The highest BCUT2D eigenvalue weighted by Gasteiger charge is 2.41. The molecular weight excluding hydrogens is 206 g/mol. The van der Waals surface area contributed by atoms with E-state index in [-0.39, 0.29) is 0 Å². The van der Waals surface area contributed by atoms with Gasteiger partial charge in [-0.2, -0.15) is 0 Å². The summed E-state index contributed by atoms with van der Waals surface area (Å²) in [6.07, 6.45) is 4.01. The molecule has 1 heterocycles. The van der Waals surface area contributed by atoms with Crippen LogP contribution in [0.3, 0.4) is 0 Å². The lowest BCUT2D eigenvalue weighted by molar-refractivity contribution is -0.0116. The normalized spacial score (nSPS) is 36.2. The standard InChI is InChI=1S/C16H33N/c1-8-15(6)10-16(7,9-2)13-17(12-15)11-14(3,4)5/h8-13H2,1-7H3. The molecule has 0 bridgehead atoms. The quantitative estimate of drug-likeness (QED) is 0.697. The number of nitrogens with zero attached hydrogens (tertiary/aromatic N) is 1. The van der Waals surface area contributed by atoms with Gasteiger partial charge in [-0.3, -0.25) is 0 Å². The van der Waals surface area contributed by atoms with Crippen molar-refractivity contribution in [1.82, 2.24) is 4.90 Å². The minimum atomic E-state index is 0.417. The molecule has 2 atom stereocenters. The maximum Gasteiger partial charge on any atom is 0.00359 e. The molecule has 102 valence electrons. The van der Waals surface area contributed by atoms with Crippen molar-refractivity contribution in [3.8, 4) is 0 Å². The smallest absolute Gasteiger partial charge is 0.00359 e. The summed E-state index contributed by atoms with van der Waals surface area (Å²) in [5.74, 6) is 0. The van der Waals surface area contributed by atoms with Crippen LogP contribution >= 0.6 is 0 Å². The molecule has 0 aromatic rings. The zero-order valence-electron chi connectivity index (χ0n) is 13.2. The highest BCUT2D eigenvalue weighted by molar-refractivity contribution is 4.93. The predicted molar refractivity (Wildman–Crippen MR) is 77.3 cm³/mol. The largest absolute Gasteiger partial charge is 0.302 e. The van der Waals surface area contributed by atoms with Gasteiger partial charge in [0.2, 0.25) is 0 Å². The molecule has 0 spiro atoms. The van der Waals surface area contributed by atoms with Crippen LogP contribution in [-0.4, -0.2) is 24.5 Å². The second-order valence-corrected chi connectivity index (χ2v) is 8.21. The van der Waals surface area contributed by atoms with Gasteiger partial charge in [0.15, 0.2) is 0 Å². The molecule has 0 aliphatic carbocycles. The van der Waals surface area contributed by atoms with Gasteiger partial charge in [0.1, 0.15) is 0 Å². The molecule has 0 saturated carbocycles. The van der Waals surface area contributed by atoms with Crippen molar-refractivity contribution < 1.29 is 0 Å². The van der Waals surface area contributed by atoms with Gasteiger partial charge in [-0.25, -0.2) is 0 Å². The van der Waals surface area contributed by atoms with Crippen molar-refractivity contribution in [2.24, 2.45) is 16.2 Å². The Kier molecular flexibility index (Phi) is 4.34. The van der Waals surface area contributed by atoms with E-state index in [9.17, 15) is 0 Å². The number of piperidine rings is 1. The number of hydrogen-bond donors (Lipinski definition) is 0. The summed E-state index contributed by atoms with van der Waals surface area (Å²) < 4.78 is 0. The Hall–Kier alpha value is -0.0400. The molecule has 0 amide bonds. The van der Waals surface area contributed by atoms with Crippen LogP contribution in [0.2, 0.25) is 0 Å². The summed E-state index contributed by atoms with van der Waals surface area (Å²) >= 11 is 0.